The van der Waals surface area contributed by atoms with Gasteiger partial charge in [-0.05, 0) is 12.1 Å². The first-order valence-electron chi connectivity index (χ1n) is 5.37. The Morgan fingerprint density at radius 3 is 1.95 bits per heavy atom. The lowest BCUT2D eigenvalue weighted by Gasteiger charge is -2.15. The zero-order valence-electron chi connectivity index (χ0n) is 9.75. The van der Waals surface area contributed by atoms with Crippen LogP contribution in [0.1, 0.15) is 1.43 Å². The average molecular weight is 289 g/mol. The molecule has 1 aliphatic rings. The van der Waals surface area contributed by atoms with Crippen LogP contribution in [0.2, 0.25) is 0 Å². The van der Waals surface area contributed by atoms with Gasteiger partial charge in [0.2, 0.25) is 0 Å². The zero-order chi connectivity index (χ0) is 14.9. The van der Waals surface area contributed by atoms with E-state index in [4.69, 9.17) is 0 Å². The Morgan fingerprint density at radius 2 is 1.55 bits per heavy atom. The smallest absolute Gasteiger partial charge is 0.329 e. The van der Waals surface area contributed by atoms with Crippen LogP contribution < -0.4 is 16.0 Å². The van der Waals surface area contributed by atoms with Gasteiger partial charge >= 0.3 is 12.1 Å². The Labute approximate surface area is 111 Å². The lowest BCUT2D eigenvalue weighted by molar-refractivity contribution is -0.174. The molecule has 2 rings (SSSR count). The second-order valence-corrected chi connectivity index (χ2v) is 3.93. The lowest BCUT2D eigenvalue weighted by atomic mass is 10.2. The highest BCUT2D eigenvalue weighted by Gasteiger charge is 2.43. The predicted octanol–water partition coefficient (Wildman–Crippen LogP) is 0.870. The number of rotatable bonds is 1. The molecule has 6 nitrogen and oxygen atoms in total. The van der Waals surface area contributed by atoms with Crippen LogP contribution in [0.4, 0.5) is 24.5 Å². The summed E-state index contributed by atoms with van der Waals surface area (Å²) in [5.74, 6) is -4.46. The summed E-state index contributed by atoms with van der Waals surface area (Å²) in [5.41, 5.74) is 0.462. The number of nitrogens with one attached hydrogen (secondary N) is 3. The van der Waals surface area contributed by atoms with Crippen LogP contribution in [-0.4, -0.2) is 29.9 Å². The van der Waals surface area contributed by atoms with E-state index in [1.165, 1.54) is 17.4 Å². The minimum atomic E-state index is -5.18. The highest BCUT2D eigenvalue weighted by molar-refractivity contribution is 6.19. The molecule has 1 aromatic rings. The summed E-state index contributed by atoms with van der Waals surface area (Å²) < 4.78 is 36.4. The van der Waals surface area contributed by atoms with Crippen molar-refractivity contribution in [3.63, 3.8) is 0 Å². The number of fused-ring (bicyclic) bond motifs is 1. The van der Waals surface area contributed by atoms with E-state index in [1.54, 1.807) is 12.1 Å². The molecule has 9 heteroatoms. The van der Waals surface area contributed by atoms with Crippen LogP contribution in [0.5, 0.6) is 0 Å². The van der Waals surface area contributed by atoms with Crippen molar-refractivity contribution in [3.05, 3.63) is 24.3 Å². The molecule has 20 heavy (non-hydrogen) atoms. The maximum absolute atomic E-state index is 12.1. The first-order valence-corrected chi connectivity index (χ1v) is 5.37. The number of hydrogen-bond donors (Lipinski definition) is 3. The minimum absolute atomic E-state index is 0. The van der Waals surface area contributed by atoms with Gasteiger partial charge in [0.1, 0.15) is 0 Å². The average Bonchev–Trinajstić information content (AvgIpc) is 2.46. The van der Waals surface area contributed by atoms with E-state index in [2.05, 4.69) is 10.6 Å². The Hall–Kier alpha value is -2.58. The number of hydrogen-bond acceptors (Lipinski definition) is 3. The highest BCUT2D eigenvalue weighted by Crippen LogP contribution is 2.24. The van der Waals surface area contributed by atoms with Crippen molar-refractivity contribution in [1.29, 1.82) is 0 Å². The third-order valence-corrected chi connectivity index (χ3v) is 2.50. The van der Waals surface area contributed by atoms with E-state index in [-0.39, 0.29) is 12.8 Å². The predicted molar refractivity (Wildman–Crippen MR) is 63.8 cm³/mol. The van der Waals surface area contributed by atoms with Gasteiger partial charge in [0, 0.05) is 1.43 Å². The molecule has 0 fully saturated rings. The second kappa shape index (κ2) is 4.83. The van der Waals surface area contributed by atoms with Crippen molar-refractivity contribution in [2.75, 3.05) is 10.6 Å². The van der Waals surface area contributed by atoms with Gasteiger partial charge in [0.05, 0.1) is 11.4 Å². The fourth-order valence-corrected chi connectivity index (χ4v) is 1.57. The number of alkyl halides is 3. The molecule has 108 valence electrons. The van der Waals surface area contributed by atoms with E-state index in [1.807, 2.05) is 0 Å². The van der Waals surface area contributed by atoms with E-state index in [0.717, 1.165) is 0 Å². The molecule has 0 spiro atoms. The summed E-state index contributed by atoms with van der Waals surface area (Å²) >= 11 is 0. The maximum Gasteiger partial charge on any atom is 0.471 e. The van der Waals surface area contributed by atoms with E-state index in [0.29, 0.717) is 0 Å². The van der Waals surface area contributed by atoms with E-state index >= 15 is 0 Å². The third-order valence-electron chi connectivity index (χ3n) is 2.50. The Morgan fingerprint density at radius 1 is 1.10 bits per heavy atom. The molecule has 1 aliphatic heterocycles. The minimum Gasteiger partial charge on any atom is -0.329 e. The largest absolute Gasteiger partial charge is 0.471 e. The molecule has 0 aliphatic carbocycles. The number of anilines is 2. The van der Waals surface area contributed by atoms with Gasteiger partial charge in [0.15, 0.2) is 6.04 Å². The van der Waals surface area contributed by atoms with Gasteiger partial charge in [-0.1, -0.05) is 12.1 Å². The van der Waals surface area contributed by atoms with Crippen molar-refractivity contribution in [2.45, 2.75) is 12.2 Å². The lowest BCUT2D eigenvalue weighted by Crippen LogP contribution is -2.53. The molecule has 1 heterocycles. The molecule has 3 N–H and O–H groups in total. The summed E-state index contributed by atoms with van der Waals surface area (Å²) in [6.45, 7) is 0. The Kier molecular flexibility index (Phi) is 3.35. The summed E-state index contributed by atoms with van der Waals surface area (Å²) in [6.07, 6.45) is -5.18. The van der Waals surface area contributed by atoms with Crippen LogP contribution in [0.3, 0.4) is 0 Å². The van der Waals surface area contributed by atoms with Gasteiger partial charge in [0.25, 0.3) is 11.8 Å². The van der Waals surface area contributed by atoms with Crippen molar-refractivity contribution in [3.8, 4) is 0 Å². The normalized spacial score (nSPS) is 15.8. The van der Waals surface area contributed by atoms with Gasteiger partial charge in [-0.15, -0.1) is 0 Å². The van der Waals surface area contributed by atoms with Crippen molar-refractivity contribution in [2.24, 2.45) is 0 Å². The number of amides is 3. The maximum atomic E-state index is 12.1. The van der Waals surface area contributed by atoms with Gasteiger partial charge in [-0.25, -0.2) is 0 Å². The van der Waals surface area contributed by atoms with E-state index in [9.17, 15) is 27.6 Å². The summed E-state index contributed by atoms with van der Waals surface area (Å²) in [4.78, 5) is 34.2. The van der Waals surface area contributed by atoms with Gasteiger partial charge in [-0.3, -0.25) is 14.4 Å². The number of benzene rings is 1. The monoisotopic (exact) mass is 289 g/mol. The molecule has 1 aromatic carbocycles. The van der Waals surface area contributed by atoms with E-state index < -0.39 is 29.9 Å². The molecule has 0 saturated carbocycles. The van der Waals surface area contributed by atoms with Crippen LogP contribution in [0.15, 0.2) is 24.3 Å². The van der Waals surface area contributed by atoms with Crippen LogP contribution in [-0.2, 0) is 14.4 Å². The molecular formula is C11H10F3N3O3. The van der Waals surface area contributed by atoms with Crippen LogP contribution >= 0.6 is 0 Å². The molecule has 0 aromatic heterocycles. The van der Waals surface area contributed by atoms with Crippen LogP contribution in [0.25, 0.3) is 0 Å². The van der Waals surface area contributed by atoms with Crippen LogP contribution in [0, 0.1) is 0 Å². The van der Waals surface area contributed by atoms with Crippen molar-refractivity contribution < 1.29 is 29.0 Å². The number of carbonyl (C=O) groups excluding carboxylic acids is 3. The first-order chi connectivity index (χ1) is 9.29. The number of halogens is 3. The van der Waals surface area contributed by atoms with Gasteiger partial charge < -0.3 is 16.0 Å². The highest BCUT2D eigenvalue weighted by atomic mass is 19.4. The first kappa shape index (κ1) is 13.8. The Bertz CT molecular complexity index is 555. The van der Waals surface area contributed by atoms with Crippen molar-refractivity contribution >= 4 is 29.1 Å². The molecule has 0 atom stereocenters. The summed E-state index contributed by atoms with van der Waals surface area (Å²) in [6, 6.07) is 4.10. The zero-order valence-corrected chi connectivity index (χ0v) is 9.75. The molecule has 0 bridgehead atoms. The molecule has 0 radical (unpaired) electrons. The standard InChI is InChI=1S/C11H8F3N3O3.H2/c12-11(13,14)10(20)17-7-8(18)15-5-3-1-2-4-6(5)16-9(7)19;/h1-4,7H,(H,15,18)(H,16,19)(H,17,20);1H. The SMILES string of the molecule is O=C1Nc2ccccc2NC(=O)C1NC(=O)C(F)(F)F.[HH]. The molecule has 0 saturated heterocycles. The van der Waals surface area contributed by atoms with Gasteiger partial charge in [-0.2, -0.15) is 13.2 Å². The molecular weight excluding hydrogens is 279 g/mol. The topological polar surface area (TPSA) is 87.3 Å². The van der Waals surface area contributed by atoms with Crippen molar-refractivity contribution in [1.82, 2.24) is 5.32 Å². The quantitative estimate of drug-likeness (QED) is 0.670. The third kappa shape index (κ3) is 2.71. The number of para-hydroxylation sites is 2. The Balaban J connectivity index is 0.00000220. The summed E-state index contributed by atoms with van der Waals surface area (Å²) in [5, 5.41) is 5.86. The molecule has 0 unspecified atom stereocenters. The fraction of sp³-hybridized carbons (Fsp3) is 0.182. The summed E-state index contributed by atoms with van der Waals surface area (Å²) in [7, 11) is 0. The fourth-order valence-electron chi connectivity index (χ4n) is 1.57. The number of carbonyl (C=O) groups is 3. The molecule has 3 amide bonds. The second-order valence-electron chi connectivity index (χ2n) is 3.93.